The summed E-state index contributed by atoms with van der Waals surface area (Å²) in [5.41, 5.74) is 2.85. The van der Waals surface area contributed by atoms with Gasteiger partial charge < -0.3 is 10.1 Å². The standard InChI is InChI=1S/C26H19NO4/c1-14-20(26(30)31-2)21(17-13-7-9-15-8-3-4-10-16(15)17)22-23(27-14)25(29)19-12-6-5-11-18(19)24(22)28/h3-13,21,27H,1-2H3. The van der Waals surface area contributed by atoms with Gasteiger partial charge in [0, 0.05) is 28.3 Å². The van der Waals surface area contributed by atoms with Crippen LogP contribution in [0.2, 0.25) is 0 Å². The fraction of sp³-hybridized carbons (Fsp3) is 0.115. The minimum Gasteiger partial charge on any atom is -0.466 e. The summed E-state index contributed by atoms with van der Waals surface area (Å²) in [5, 5.41) is 4.94. The van der Waals surface area contributed by atoms with Crippen LogP contribution in [0.3, 0.4) is 0 Å². The smallest absolute Gasteiger partial charge is 0.336 e. The molecule has 1 unspecified atom stereocenters. The minimum absolute atomic E-state index is 0.229. The average molecular weight is 409 g/mol. The Hall–Kier alpha value is -3.99. The molecule has 31 heavy (non-hydrogen) atoms. The van der Waals surface area contributed by atoms with Crippen molar-refractivity contribution >= 4 is 28.3 Å². The van der Waals surface area contributed by atoms with Crippen molar-refractivity contribution in [2.75, 3.05) is 7.11 Å². The van der Waals surface area contributed by atoms with Gasteiger partial charge in [-0.15, -0.1) is 0 Å². The summed E-state index contributed by atoms with van der Waals surface area (Å²) < 4.78 is 5.08. The quantitative estimate of drug-likeness (QED) is 0.639. The Labute approximate surface area is 179 Å². The lowest BCUT2D eigenvalue weighted by Gasteiger charge is -2.34. The Bertz CT molecular complexity index is 1360. The third-order valence-corrected chi connectivity index (χ3v) is 5.99. The number of hydrogen-bond donors (Lipinski definition) is 1. The number of rotatable bonds is 2. The third kappa shape index (κ3) is 2.74. The fourth-order valence-electron chi connectivity index (χ4n) is 4.60. The number of hydrogen-bond acceptors (Lipinski definition) is 5. The van der Waals surface area contributed by atoms with Crippen molar-refractivity contribution in [2.45, 2.75) is 12.8 Å². The molecule has 5 rings (SSSR count). The number of ether oxygens (including phenoxy) is 1. The summed E-state index contributed by atoms with van der Waals surface area (Å²) in [7, 11) is 1.32. The van der Waals surface area contributed by atoms with Crippen LogP contribution in [0.1, 0.15) is 39.1 Å². The Balaban J connectivity index is 1.83. The molecule has 0 bridgehead atoms. The Morgan fingerprint density at radius 3 is 2.26 bits per heavy atom. The molecule has 0 fully saturated rings. The number of ketones is 2. The first-order valence-corrected chi connectivity index (χ1v) is 9.99. The zero-order valence-corrected chi connectivity index (χ0v) is 17.1. The Morgan fingerprint density at radius 1 is 0.871 bits per heavy atom. The molecule has 3 aromatic rings. The summed E-state index contributed by atoms with van der Waals surface area (Å²) in [6.07, 6.45) is 0. The van der Waals surface area contributed by atoms with Gasteiger partial charge in [-0.25, -0.2) is 4.79 Å². The summed E-state index contributed by atoms with van der Waals surface area (Å²) in [6.45, 7) is 1.73. The first-order chi connectivity index (χ1) is 15.0. The number of methoxy groups -OCH3 is 1. The van der Waals surface area contributed by atoms with Crippen LogP contribution in [0.25, 0.3) is 10.8 Å². The minimum atomic E-state index is -0.723. The van der Waals surface area contributed by atoms with Crippen LogP contribution in [-0.2, 0) is 9.53 Å². The number of carbonyl (C=O) groups is 3. The number of esters is 1. The number of Topliss-reactive ketones (excluding diaryl/α,β-unsaturated/α-hetero) is 2. The van der Waals surface area contributed by atoms with E-state index in [1.165, 1.54) is 7.11 Å². The van der Waals surface area contributed by atoms with E-state index >= 15 is 0 Å². The van der Waals surface area contributed by atoms with Gasteiger partial charge in [0.25, 0.3) is 0 Å². The largest absolute Gasteiger partial charge is 0.466 e. The van der Waals surface area contributed by atoms with Crippen molar-refractivity contribution in [1.82, 2.24) is 5.32 Å². The van der Waals surface area contributed by atoms with Gasteiger partial charge in [0.1, 0.15) is 0 Å². The highest BCUT2D eigenvalue weighted by Crippen LogP contribution is 2.45. The van der Waals surface area contributed by atoms with Gasteiger partial charge in [-0.1, -0.05) is 66.7 Å². The first-order valence-electron chi connectivity index (χ1n) is 9.99. The van der Waals surface area contributed by atoms with Crippen molar-refractivity contribution in [3.8, 4) is 0 Å². The van der Waals surface area contributed by atoms with Crippen molar-refractivity contribution in [3.05, 3.63) is 106 Å². The molecule has 0 radical (unpaired) electrons. The fourth-order valence-corrected chi connectivity index (χ4v) is 4.60. The highest BCUT2D eigenvalue weighted by molar-refractivity contribution is 6.28. The predicted octanol–water partition coefficient (Wildman–Crippen LogP) is 4.31. The molecule has 2 aliphatic rings. The van der Waals surface area contributed by atoms with Crippen LogP contribution in [-0.4, -0.2) is 24.6 Å². The van der Waals surface area contributed by atoms with Gasteiger partial charge in [-0.3, -0.25) is 9.59 Å². The summed E-state index contributed by atoms with van der Waals surface area (Å²) in [4.78, 5) is 39.8. The number of dihydropyridines is 1. The van der Waals surface area contributed by atoms with Crippen molar-refractivity contribution in [2.24, 2.45) is 0 Å². The van der Waals surface area contributed by atoms with E-state index in [4.69, 9.17) is 4.74 Å². The molecule has 5 heteroatoms. The van der Waals surface area contributed by atoms with Gasteiger partial charge in [-0.05, 0) is 23.3 Å². The van der Waals surface area contributed by atoms with E-state index in [1.54, 1.807) is 31.2 Å². The highest BCUT2D eigenvalue weighted by Gasteiger charge is 2.43. The van der Waals surface area contributed by atoms with E-state index < -0.39 is 11.9 Å². The zero-order valence-electron chi connectivity index (χ0n) is 17.1. The van der Waals surface area contributed by atoms with Crippen LogP contribution in [0, 0.1) is 0 Å². The molecule has 1 atom stereocenters. The number of nitrogens with one attached hydrogen (secondary N) is 1. The highest BCUT2D eigenvalue weighted by atomic mass is 16.5. The molecule has 0 saturated carbocycles. The normalized spacial score (nSPS) is 17.9. The van der Waals surface area contributed by atoms with Gasteiger partial charge in [-0.2, -0.15) is 0 Å². The van der Waals surface area contributed by atoms with Gasteiger partial charge in [0.2, 0.25) is 5.78 Å². The lowest BCUT2D eigenvalue weighted by atomic mass is 9.72. The molecular weight excluding hydrogens is 390 g/mol. The molecule has 152 valence electrons. The van der Waals surface area contributed by atoms with Crippen LogP contribution in [0.5, 0.6) is 0 Å². The number of allylic oxidation sites excluding steroid dienone is 3. The second-order valence-electron chi connectivity index (χ2n) is 7.65. The molecule has 0 spiro atoms. The molecule has 0 amide bonds. The van der Waals surface area contributed by atoms with Crippen molar-refractivity contribution < 1.29 is 19.1 Å². The summed E-state index contributed by atoms with van der Waals surface area (Å²) in [5.74, 6) is -1.77. The summed E-state index contributed by atoms with van der Waals surface area (Å²) >= 11 is 0. The molecule has 5 nitrogen and oxygen atoms in total. The van der Waals surface area contributed by atoms with E-state index in [1.807, 2.05) is 42.5 Å². The average Bonchev–Trinajstić information content (AvgIpc) is 2.81. The Morgan fingerprint density at radius 2 is 1.52 bits per heavy atom. The van der Waals surface area contributed by atoms with E-state index in [-0.39, 0.29) is 22.8 Å². The zero-order chi connectivity index (χ0) is 21.7. The Kier molecular flexibility index (Phi) is 4.33. The van der Waals surface area contributed by atoms with Crippen molar-refractivity contribution in [3.63, 3.8) is 0 Å². The molecule has 3 aromatic carbocycles. The molecule has 1 aliphatic carbocycles. The maximum Gasteiger partial charge on any atom is 0.336 e. The molecular formula is C26H19NO4. The second kappa shape index (κ2) is 7.06. The maximum absolute atomic E-state index is 13.7. The summed E-state index contributed by atoms with van der Waals surface area (Å²) in [6, 6.07) is 20.4. The van der Waals surface area contributed by atoms with E-state index in [0.717, 1.165) is 16.3 Å². The second-order valence-corrected chi connectivity index (χ2v) is 7.65. The number of benzene rings is 3. The van der Waals surface area contributed by atoms with Gasteiger partial charge in [0.15, 0.2) is 5.78 Å². The molecule has 1 heterocycles. The topological polar surface area (TPSA) is 72.5 Å². The van der Waals surface area contributed by atoms with Crippen LogP contribution < -0.4 is 5.32 Å². The lowest BCUT2D eigenvalue weighted by molar-refractivity contribution is -0.136. The number of fused-ring (bicyclic) bond motifs is 2. The lowest BCUT2D eigenvalue weighted by Crippen LogP contribution is -2.38. The van der Waals surface area contributed by atoms with Crippen LogP contribution in [0.4, 0.5) is 0 Å². The predicted molar refractivity (Wildman–Crippen MR) is 117 cm³/mol. The van der Waals surface area contributed by atoms with Crippen molar-refractivity contribution in [1.29, 1.82) is 0 Å². The van der Waals surface area contributed by atoms with E-state index in [9.17, 15) is 14.4 Å². The van der Waals surface area contributed by atoms with Gasteiger partial charge >= 0.3 is 5.97 Å². The molecule has 1 N–H and O–H groups in total. The number of carbonyl (C=O) groups excluding carboxylic acids is 3. The SMILES string of the molecule is COC(=O)C1=C(C)NC2=C(C(=O)c3ccccc3C2=O)C1c1cccc2ccccc12. The first kappa shape index (κ1) is 19.0. The van der Waals surface area contributed by atoms with Gasteiger partial charge in [0.05, 0.1) is 18.4 Å². The van der Waals surface area contributed by atoms with E-state index in [0.29, 0.717) is 22.4 Å². The van der Waals surface area contributed by atoms with Crippen LogP contribution in [0.15, 0.2) is 89.3 Å². The third-order valence-electron chi connectivity index (χ3n) is 5.99. The van der Waals surface area contributed by atoms with Crippen LogP contribution >= 0.6 is 0 Å². The monoisotopic (exact) mass is 409 g/mol. The molecule has 0 aromatic heterocycles. The molecule has 1 aliphatic heterocycles. The van der Waals surface area contributed by atoms with E-state index in [2.05, 4.69) is 5.32 Å². The molecule has 0 saturated heterocycles. The maximum atomic E-state index is 13.7.